The van der Waals surface area contributed by atoms with Crippen LogP contribution in [-0.4, -0.2) is 15.8 Å². The number of para-hydroxylation sites is 1. The second kappa shape index (κ2) is 10.1. The lowest BCUT2D eigenvalue weighted by molar-refractivity contribution is 0.0990. The van der Waals surface area contributed by atoms with Crippen LogP contribution in [-0.2, 0) is 6.42 Å². The second-order valence-electron chi connectivity index (χ2n) is 8.17. The first kappa shape index (κ1) is 22.2. The van der Waals surface area contributed by atoms with Gasteiger partial charge in [0.15, 0.2) is 5.78 Å². The van der Waals surface area contributed by atoms with E-state index >= 15 is 0 Å². The number of rotatable bonds is 8. The van der Waals surface area contributed by atoms with Crippen molar-refractivity contribution in [2.45, 2.75) is 33.1 Å². The lowest BCUT2D eigenvalue weighted by atomic mass is 10.0. The summed E-state index contributed by atoms with van der Waals surface area (Å²) in [5.74, 6) is 2.46. The van der Waals surface area contributed by atoms with Crippen molar-refractivity contribution < 1.29 is 14.3 Å². The van der Waals surface area contributed by atoms with Crippen molar-refractivity contribution in [2.24, 2.45) is 0 Å². The van der Waals surface area contributed by atoms with Crippen LogP contribution in [0.15, 0.2) is 85.2 Å². The first-order valence-corrected chi connectivity index (χ1v) is 10.9. The first-order valence-electron chi connectivity index (χ1n) is 10.9. The molecule has 0 spiro atoms. The minimum absolute atomic E-state index is 0.0918. The Hall–Kier alpha value is -3.99. The molecule has 0 unspecified atom stereocenters. The molecule has 0 aliphatic carbocycles. The molecule has 4 rings (SSSR count). The van der Waals surface area contributed by atoms with Crippen LogP contribution in [0.2, 0.25) is 0 Å². The molecule has 0 aliphatic rings. The van der Waals surface area contributed by atoms with Crippen molar-refractivity contribution in [1.29, 1.82) is 0 Å². The Morgan fingerprint density at radius 1 is 0.879 bits per heavy atom. The first-order chi connectivity index (χ1) is 16.0. The Morgan fingerprint density at radius 3 is 2.39 bits per heavy atom. The number of ketones is 1. The lowest BCUT2D eigenvalue weighted by Crippen LogP contribution is -2.07. The van der Waals surface area contributed by atoms with Gasteiger partial charge in [0, 0.05) is 24.9 Å². The molecule has 0 atom stereocenters. The maximum atomic E-state index is 13.0. The number of benzene rings is 2. The van der Waals surface area contributed by atoms with Crippen LogP contribution in [0.1, 0.15) is 46.8 Å². The molecule has 0 radical (unpaired) electrons. The molecule has 0 amide bonds. The Morgan fingerprint density at radius 2 is 1.67 bits per heavy atom. The Bertz CT molecular complexity index is 1230. The maximum Gasteiger partial charge on any atom is 0.230 e. The van der Waals surface area contributed by atoms with Crippen LogP contribution in [0.25, 0.3) is 0 Å². The largest absolute Gasteiger partial charge is 0.439 e. The fourth-order valence-corrected chi connectivity index (χ4v) is 3.42. The summed E-state index contributed by atoms with van der Waals surface area (Å²) >= 11 is 0. The molecular formula is C28H26N2O3. The van der Waals surface area contributed by atoms with Crippen molar-refractivity contribution in [3.63, 3.8) is 0 Å². The van der Waals surface area contributed by atoms with Gasteiger partial charge in [0.05, 0.1) is 5.56 Å². The van der Waals surface area contributed by atoms with Crippen molar-refractivity contribution >= 4 is 5.78 Å². The summed E-state index contributed by atoms with van der Waals surface area (Å²) in [7, 11) is 0. The van der Waals surface area contributed by atoms with Gasteiger partial charge in [0.1, 0.15) is 11.5 Å². The Balaban J connectivity index is 1.46. The van der Waals surface area contributed by atoms with Crippen LogP contribution in [0.4, 0.5) is 0 Å². The number of aryl methyl sites for hydroxylation is 1. The third-order valence-corrected chi connectivity index (χ3v) is 5.22. The predicted octanol–water partition coefficient (Wildman–Crippen LogP) is 6.92. The molecular weight excluding hydrogens is 412 g/mol. The molecule has 2 aromatic heterocycles. The van der Waals surface area contributed by atoms with Gasteiger partial charge < -0.3 is 9.47 Å². The Kier molecular flexibility index (Phi) is 6.79. The van der Waals surface area contributed by atoms with Gasteiger partial charge in [-0.2, -0.15) is 0 Å². The van der Waals surface area contributed by atoms with E-state index in [0.717, 1.165) is 22.4 Å². The highest BCUT2D eigenvalue weighted by molar-refractivity contribution is 5.99. The molecule has 2 aromatic carbocycles. The van der Waals surface area contributed by atoms with E-state index in [2.05, 4.69) is 29.9 Å². The van der Waals surface area contributed by atoms with Crippen molar-refractivity contribution in [3.8, 4) is 23.3 Å². The zero-order valence-electron chi connectivity index (χ0n) is 19.0. The standard InChI is InChI=1S/C28H26N2O3/c1-19(2)23-7-4-5-9-26(23)33-27-15-12-21(18-30-27)17-25(31)24-8-6-16-29-28(24)32-22-13-10-20(3)11-14-22/h4-16,18-19H,17H2,1-3H3. The molecule has 0 bridgehead atoms. The number of nitrogens with zero attached hydrogens (tertiary/aromatic N) is 2. The molecule has 0 fully saturated rings. The predicted molar refractivity (Wildman–Crippen MR) is 128 cm³/mol. The van der Waals surface area contributed by atoms with E-state index in [0.29, 0.717) is 29.0 Å². The number of pyridine rings is 2. The smallest absolute Gasteiger partial charge is 0.230 e. The topological polar surface area (TPSA) is 61.3 Å². The highest BCUT2D eigenvalue weighted by Crippen LogP contribution is 2.30. The maximum absolute atomic E-state index is 13.0. The monoisotopic (exact) mass is 438 g/mol. The van der Waals surface area contributed by atoms with Crippen LogP contribution in [0.3, 0.4) is 0 Å². The summed E-state index contributed by atoms with van der Waals surface area (Å²) in [4.78, 5) is 21.7. The van der Waals surface area contributed by atoms with Gasteiger partial charge in [0.2, 0.25) is 11.8 Å². The molecule has 5 heteroatoms. The van der Waals surface area contributed by atoms with Crippen LogP contribution < -0.4 is 9.47 Å². The van der Waals surface area contributed by atoms with Crippen LogP contribution in [0, 0.1) is 6.92 Å². The number of hydrogen-bond donors (Lipinski definition) is 0. The van der Waals surface area contributed by atoms with Crippen LogP contribution in [0.5, 0.6) is 23.3 Å². The van der Waals surface area contributed by atoms with E-state index in [1.807, 2.05) is 55.5 Å². The summed E-state index contributed by atoms with van der Waals surface area (Å²) in [6.45, 7) is 6.26. The number of carbonyl (C=O) groups excluding carboxylic acids is 1. The number of carbonyl (C=O) groups is 1. The quantitative estimate of drug-likeness (QED) is 0.280. The molecule has 33 heavy (non-hydrogen) atoms. The SMILES string of the molecule is Cc1ccc(Oc2ncccc2C(=O)Cc2ccc(Oc3ccccc3C(C)C)nc2)cc1. The van der Waals surface area contributed by atoms with Gasteiger partial charge in [-0.1, -0.05) is 55.8 Å². The third kappa shape index (κ3) is 5.63. The number of ether oxygens (including phenoxy) is 2. The van der Waals surface area contributed by atoms with Gasteiger partial charge in [-0.15, -0.1) is 0 Å². The molecule has 0 N–H and O–H groups in total. The van der Waals surface area contributed by atoms with Gasteiger partial charge >= 0.3 is 0 Å². The highest BCUT2D eigenvalue weighted by Gasteiger charge is 2.16. The van der Waals surface area contributed by atoms with E-state index in [4.69, 9.17) is 9.47 Å². The zero-order chi connectivity index (χ0) is 23.2. The molecule has 4 aromatic rings. The van der Waals surface area contributed by atoms with Gasteiger partial charge in [0.25, 0.3) is 0 Å². The number of hydrogen-bond acceptors (Lipinski definition) is 5. The normalized spacial score (nSPS) is 10.8. The zero-order valence-corrected chi connectivity index (χ0v) is 19.0. The average Bonchev–Trinajstić information content (AvgIpc) is 2.82. The van der Waals surface area contributed by atoms with Gasteiger partial charge in [-0.3, -0.25) is 4.79 Å². The molecule has 0 saturated heterocycles. The van der Waals surface area contributed by atoms with E-state index in [1.54, 1.807) is 30.6 Å². The minimum Gasteiger partial charge on any atom is -0.439 e. The number of Topliss-reactive ketones (excluding diaryl/α,β-unsaturated/α-hetero) is 1. The van der Waals surface area contributed by atoms with Crippen molar-refractivity contribution in [3.05, 3.63) is 107 Å². The van der Waals surface area contributed by atoms with Gasteiger partial charge in [-0.25, -0.2) is 9.97 Å². The summed E-state index contributed by atoms with van der Waals surface area (Å²) < 4.78 is 11.9. The molecule has 0 saturated carbocycles. The van der Waals surface area contributed by atoms with Crippen LogP contribution >= 0.6 is 0 Å². The summed E-state index contributed by atoms with van der Waals surface area (Å²) in [5, 5.41) is 0. The van der Waals surface area contributed by atoms with E-state index < -0.39 is 0 Å². The second-order valence-corrected chi connectivity index (χ2v) is 8.17. The van der Waals surface area contributed by atoms with E-state index in [9.17, 15) is 4.79 Å². The lowest BCUT2D eigenvalue weighted by Gasteiger charge is -2.13. The van der Waals surface area contributed by atoms with E-state index in [1.165, 1.54) is 0 Å². The molecule has 2 heterocycles. The minimum atomic E-state index is -0.0918. The fourth-order valence-electron chi connectivity index (χ4n) is 3.42. The fraction of sp³-hybridized carbons (Fsp3) is 0.179. The highest BCUT2D eigenvalue weighted by atomic mass is 16.5. The van der Waals surface area contributed by atoms with Gasteiger partial charge in [-0.05, 0) is 54.3 Å². The Labute approximate surface area is 194 Å². The summed E-state index contributed by atoms with van der Waals surface area (Å²) in [5.41, 5.74) is 3.47. The molecule has 0 aliphatic heterocycles. The number of aromatic nitrogens is 2. The molecule has 166 valence electrons. The van der Waals surface area contributed by atoms with E-state index in [-0.39, 0.29) is 12.2 Å². The van der Waals surface area contributed by atoms with Crippen molar-refractivity contribution in [1.82, 2.24) is 9.97 Å². The third-order valence-electron chi connectivity index (χ3n) is 5.22. The summed E-state index contributed by atoms with van der Waals surface area (Å²) in [6, 6.07) is 22.7. The average molecular weight is 439 g/mol. The van der Waals surface area contributed by atoms with Crippen molar-refractivity contribution in [2.75, 3.05) is 0 Å². The molecule has 5 nitrogen and oxygen atoms in total. The summed E-state index contributed by atoms with van der Waals surface area (Å²) in [6.07, 6.45) is 3.47.